The second kappa shape index (κ2) is 9.26. The fraction of sp³-hybridized carbons (Fsp3) is 0.238. The molecule has 0 bridgehead atoms. The van der Waals surface area contributed by atoms with Gasteiger partial charge in [0.15, 0.2) is 0 Å². The highest BCUT2D eigenvalue weighted by molar-refractivity contribution is 5.95. The van der Waals surface area contributed by atoms with E-state index >= 15 is 0 Å². The van der Waals surface area contributed by atoms with Crippen molar-refractivity contribution >= 4 is 29.7 Å². The Labute approximate surface area is 179 Å². The van der Waals surface area contributed by atoms with Gasteiger partial charge in [0, 0.05) is 30.3 Å². The topological polar surface area (TPSA) is 173 Å². The van der Waals surface area contributed by atoms with Gasteiger partial charge in [0.05, 0.1) is 19.1 Å². The maximum absolute atomic E-state index is 12.7. The van der Waals surface area contributed by atoms with Crippen molar-refractivity contribution in [2.24, 2.45) is 22.5 Å². The van der Waals surface area contributed by atoms with Crippen molar-refractivity contribution in [2.45, 2.75) is 19.0 Å². The number of carbonyl (C=O) groups excluding carboxylic acids is 2. The van der Waals surface area contributed by atoms with E-state index in [1.165, 1.54) is 13.4 Å². The molecule has 10 heteroatoms. The second-order valence-corrected chi connectivity index (χ2v) is 7.19. The zero-order chi connectivity index (χ0) is 22.5. The number of amides is 2. The summed E-state index contributed by atoms with van der Waals surface area (Å²) < 4.78 is 5.25. The molecule has 2 aromatic rings. The average Bonchev–Trinajstić information content (AvgIpc) is 2.75. The van der Waals surface area contributed by atoms with Crippen LogP contribution in [0.3, 0.4) is 0 Å². The van der Waals surface area contributed by atoms with Gasteiger partial charge < -0.3 is 21.5 Å². The molecule has 2 atom stereocenters. The molecule has 0 aliphatic carbocycles. The number of nitrogens with two attached hydrogens (primary N) is 3. The molecule has 3 rings (SSSR count). The van der Waals surface area contributed by atoms with Gasteiger partial charge in [-0.1, -0.05) is 24.3 Å². The van der Waals surface area contributed by atoms with Gasteiger partial charge in [0.25, 0.3) is 0 Å². The van der Waals surface area contributed by atoms with E-state index in [1.807, 2.05) is 0 Å². The standard InChI is InChI=1S/C21H25N7O3/c1-31-16-7-14(6-15(22)8-16)19-17(21(30)28(25)11-27-19)9-18(29)26-10-12-2-4-13(5-3-12)20(23)24/h2-8,11,17,19H,9-10,22,25H2,1H3,(H3,23,24)(H,26,29). The zero-order valence-corrected chi connectivity index (χ0v) is 17.0. The summed E-state index contributed by atoms with van der Waals surface area (Å²) in [6.45, 7) is 0.268. The lowest BCUT2D eigenvalue weighted by Gasteiger charge is -2.30. The monoisotopic (exact) mass is 423 g/mol. The minimum atomic E-state index is -0.790. The number of hydrogen-bond acceptors (Lipinski definition) is 7. The summed E-state index contributed by atoms with van der Waals surface area (Å²) in [6.07, 6.45) is 1.14. The number of ether oxygens (including phenoxy) is 1. The molecule has 0 saturated carbocycles. The van der Waals surface area contributed by atoms with Crippen LogP contribution in [0.2, 0.25) is 0 Å². The van der Waals surface area contributed by atoms with E-state index in [-0.39, 0.29) is 24.7 Å². The van der Waals surface area contributed by atoms with Crippen LogP contribution < -0.4 is 27.4 Å². The lowest BCUT2D eigenvalue weighted by Crippen LogP contribution is -2.46. The Hall–Kier alpha value is -3.92. The summed E-state index contributed by atoms with van der Waals surface area (Å²) in [7, 11) is 1.52. The van der Waals surface area contributed by atoms with Gasteiger partial charge in [-0.15, -0.1) is 0 Å². The minimum absolute atomic E-state index is 0.0255. The molecule has 1 heterocycles. The number of aliphatic imine (C=N–C) groups is 1. The van der Waals surface area contributed by atoms with Gasteiger partial charge in [-0.25, -0.2) is 10.9 Å². The molecule has 2 amide bonds. The molecule has 0 saturated heterocycles. The molecular formula is C21H25N7O3. The normalized spacial score (nSPS) is 18.0. The van der Waals surface area contributed by atoms with Gasteiger partial charge in [-0.05, 0) is 23.3 Å². The third kappa shape index (κ3) is 5.17. The van der Waals surface area contributed by atoms with Crippen LogP contribution in [-0.2, 0) is 16.1 Å². The molecule has 31 heavy (non-hydrogen) atoms. The number of hydrazine groups is 1. The first-order valence-corrected chi connectivity index (χ1v) is 9.54. The molecule has 162 valence electrons. The quantitative estimate of drug-likeness (QED) is 0.144. The Morgan fingerprint density at radius 2 is 1.97 bits per heavy atom. The summed E-state index contributed by atoms with van der Waals surface area (Å²) in [4.78, 5) is 29.7. The molecule has 10 nitrogen and oxygen atoms in total. The maximum atomic E-state index is 12.7. The number of amidine groups is 1. The van der Waals surface area contributed by atoms with Crippen LogP contribution in [0.1, 0.15) is 29.2 Å². The first kappa shape index (κ1) is 21.8. The van der Waals surface area contributed by atoms with Gasteiger partial charge >= 0.3 is 0 Å². The van der Waals surface area contributed by atoms with Gasteiger partial charge in [0.1, 0.15) is 17.9 Å². The Balaban J connectivity index is 1.73. The number of benzene rings is 2. The van der Waals surface area contributed by atoms with E-state index in [4.69, 9.17) is 27.5 Å². The Kier molecular flexibility index (Phi) is 6.51. The summed E-state index contributed by atoms with van der Waals surface area (Å²) in [5, 5.41) is 11.1. The summed E-state index contributed by atoms with van der Waals surface area (Å²) in [5.74, 6) is 4.68. The van der Waals surface area contributed by atoms with Crippen LogP contribution in [0, 0.1) is 11.3 Å². The average molecular weight is 423 g/mol. The zero-order valence-electron chi connectivity index (χ0n) is 17.0. The number of nitrogens with one attached hydrogen (secondary N) is 2. The number of carbonyl (C=O) groups is 2. The van der Waals surface area contributed by atoms with Gasteiger partial charge in [-0.3, -0.25) is 20.0 Å². The number of nitrogens with zero attached hydrogens (tertiary/aromatic N) is 2. The SMILES string of the molecule is COc1cc(N)cc(C2N=CN(N)C(=O)C2CC(=O)NCc2ccc(C(=N)N)cc2)c1. The van der Waals surface area contributed by atoms with Crippen molar-refractivity contribution in [3.05, 3.63) is 59.2 Å². The molecule has 1 aliphatic heterocycles. The lowest BCUT2D eigenvalue weighted by molar-refractivity contribution is -0.136. The molecule has 0 fully saturated rings. The van der Waals surface area contributed by atoms with Crippen molar-refractivity contribution < 1.29 is 14.3 Å². The highest BCUT2D eigenvalue weighted by Crippen LogP contribution is 2.35. The molecule has 2 aromatic carbocycles. The largest absolute Gasteiger partial charge is 0.497 e. The van der Waals surface area contributed by atoms with Crippen LogP contribution >= 0.6 is 0 Å². The van der Waals surface area contributed by atoms with E-state index in [9.17, 15) is 9.59 Å². The summed E-state index contributed by atoms with van der Waals surface area (Å²) >= 11 is 0. The van der Waals surface area contributed by atoms with Crippen molar-refractivity contribution in [2.75, 3.05) is 12.8 Å². The predicted molar refractivity (Wildman–Crippen MR) is 117 cm³/mol. The molecule has 2 unspecified atom stereocenters. The highest BCUT2D eigenvalue weighted by atomic mass is 16.5. The molecule has 0 spiro atoms. The summed E-state index contributed by atoms with van der Waals surface area (Å²) in [6, 6.07) is 11.4. The molecule has 1 aliphatic rings. The Bertz CT molecular complexity index is 1020. The van der Waals surface area contributed by atoms with Gasteiger partial charge in [-0.2, -0.15) is 0 Å². The van der Waals surface area contributed by atoms with Crippen LogP contribution in [0.15, 0.2) is 47.5 Å². The predicted octanol–water partition coefficient (Wildman–Crippen LogP) is 0.669. The first-order chi connectivity index (χ1) is 14.8. The van der Waals surface area contributed by atoms with Crippen LogP contribution in [0.4, 0.5) is 5.69 Å². The number of anilines is 1. The van der Waals surface area contributed by atoms with E-state index < -0.39 is 17.9 Å². The highest BCUT2D eigenvalue weighted by Gasteiger charge is 2.36. The smallest absolute Gasteiger partial charge is 0.248 e. The van der Waals surface area contributed by atoms with Crippen LogP contribution in [0.25, 0.3) is 0 Å². The fourth-order valence-corrected chi connectivity index (χ4v) is 3.36. The molecular weight excluding hydrogens is 398 g/mol. The molecule has 0 radical (unpaired) electrons. The van der Waals surface area contributed by atoms with E-state index in [0.717, 1.165) is 10.6 Å². The van der Waals surface area contributed by atoms with Crippen molar-refractivity contribution in [3.8, 4) is 5.75 Å². The number of nitrogen functional groups attached to an aromatic ring is 2. The van der Waals surface area contributed by atoms with E-state index in [1.54, 1.807) is 42.5 Å². The van der Waals surface area contributed by atoms with Crippen molar-refractivity contribution in [1.29, 1.82) is 5.41 Å². The van der Waals surface area contributed by atoms with Crippen LogP contribution in [-0.4, -0.2) is 36.1 Å². The van der Waals surface area contributed by atoms with E-state index in [0.29, 0.717) is 22.6 Å². The lowest BCUT2D eigenvalue weighted by atomic mass is 9.88. The fourth-order valence-electron chi connectivity index (χ4n) is 3.36. The summed E-state index contributed by atoms with van der Waals surface area (Å²) in [5.41, 5.74) is 13.9. The Morgan fingerprint density at radius 3 is 2.61 bits per heavy atom. The van der Waals surface area contributed by atoms with E-state index in [2.05, 4.69) is 10.3 Å². The first-order valence-electron chi connectivity index (χ1n) is 9.54. The van der Waals surface area contributed by atoms with Gasteiger partial charge in [0.2, 0.25) is 11.8 Å². The minimum Gasteiger partial charge on any atom is -0.497 e. The maximum Gasteiger partial charge on any atom is 0.248 e. The molecule has 8 N–H and O–H groups in total. The third-order valence-electron chi connectivity index (χ3n) is 4.99. The Morgan fingerprint density at radius 1 is 1.26 bits per heavy atom. The number of methoxy groups -OCH3 is 1. The second-order valence-electron chi connectivity index (χ2n) is 7.19. The van der Waals surface area contributed by atoms with Crippen molar-refractivity contribution in [3.63, 3.8) is 0 Å². The van der Waals surface area contributed by atoms with Crippen LogP contribution in [0.5, 0.6) is 5.75 Å². The number of hydrogen-bond donors (Lipinski definition) is 5. The van der Waals surface area contributed by atoms with Crippen molar-refractivity contribution in [1.82, 2.24) is 10.3 Å². The molecule has 0 aromatic heterocycles. The third-order valence-corrected chi connectivity index (χ3v) is 4.99. The number of rotatable bonds is 7.